The van der Waals surface area contributed by atoms with Crippen molar-refractivity contribution >= 4 is 28.8 Å². The van der Waals surface area contributed by atoms with Gasteiger partial charge in [-0.3, -0.25) is 14.4 Å². The van der Waals surface area contributed by atoms with E-state index in [2.05, 4.69) is 25.9 Å². The van der Waals surface area contributed by atoms with Crippen LogP contribution in [-0.2, 0) is 25.6 Å². The third-order valence-electron chi connectivity index (χ3n) is 10.5. The summed E-state index contributed by atoms with van der Waals surface area (Å²) < 4.78 is 16.4. The van der Waals surface area contributed by atoms with Crippen molar-refractivity contribution in [1.82, 2.24) is 25.9 Å². The normalized spacial score (nSPS) is 17.0. The van der Waals surface area contributed by atoms with Crippen LogP contribution in [0.5, 0.6) is 5.75 Å². The van der Waals surface area contributed by atoms with Gasteiger partial charge in [0.25, 0.3) is 5.91 Å². The summed E-state index contributed by atoms with van der Waals surface area (Å²) in [4.78, 5) is 49.2. The molecule has 1 aromatic heterocycles. The molecule has 1 aliphatic rings. The Hall–Kier alpha value is -4.04. The van der Waals surface area contributed by atoms with Gasteiger partial charge in [-0.2, -0.15) is 0 Å². The minimum Gasteiger partial charge on any atom is -0.490 e. The first-order chi connectivity index (χ1) is 26.0. The molecule has 13 heteroatoms. The summed E-state index contributed by atoms with van der Waals surface area (Å²) in [6.07, 6.45) is 3.19. The number of rotatable bonds is 22. The highest BCUT2D eigenvalue weighted by molar-refractivity contribution is 5.97. The Balaban J connectivity index is 1.47. The van der Waals surface area contributed by atoms with E-state index in [0.717, 1.165) is 43.1 Å². The number of benzene rings is 2. The highest BCUT2D eigenvalue weighted by Crippen LogP contribution is 2.31. The molecule has 54 heavy (non-hydrogen) atoms. The molecule has 0 saturated heterocycles. The van der Waals surface area contributed by atoms with E-state index in [1.165, 1.54) is 0 Å². The van der Waals surface area contributed by atoms with E-state index < -0.39 is 47.9 Å². The van der Waals surface area contributed by atoms with Crippen LogP contribution in [0.25, 0.3) is 11.0 Å². The smallest absolute Gasteiger partial charge is 0.255 e. The molecule has 0 spiro atoms. The molecule has 0 aliphatic heterocycles. The van der Waals surface area contributed by atoms with Crippen LogP contribution >= 0.6 is 0 Å². The van der Waals surface area contributed by atoms with Crippen molar-refractivity contribution in [3.05, 3.63) is 59.9 Å². The SMILES string of the molecule is CCC(C)[C@H](NC(=O)[C@H](C(C)C)[C@@H](O)[C@H](O)[C@H](CC1CCCCC1)NC(=O)c1ccccc1OCCOCCOC)C(=O)NCc1nc2ccccc2[nH]1. The Morgan fingerprint density at radius 3 is 2.30 bits per heavy atom. The molecule has 1 unspecified atom stereocenters. The van der Waals surface area contributed by atoms with Gasteiger partial charge in [0.05, 0.1) is 61.0 Å². The molecule has 6 N–H and O–H groups in total. The number of imidazole rings is 1. The van der Waals surface area contributed by atoms with E-state index in [0.29, 0.717) is 44.2 Å². The summed E-state index contributed by atoms with van der Waals surface area (Å²) in [5, 5.41) is 32.5. The zero-order valence-corrected chi connectivity index (χ0v) is 32.5. The van der Waals surface area contributed by atoms with Crippen LogP contribution in [0, 0.1) is 23.7 Å². The van der Waals surface area contributed by atoms with Gasteiger partial charge in [0.15, 0.2) is 0 Å². The molecule has 0 radical (unpaired) electrons. The van der Waals surface area contributed by atoms with Gasteiger partial charge in [-0.05, 0) is 48.4 Å². The first kappa shape index (κ1) is 42.7. The van der Waals surface area contributed by atoms with Gasteiger partial charge >= 0.3 is 0 Å². The maximum atomic E-state index is 14.0. The average molecular weight is 752 g/mol. The number of aliphatic hydroxyl groups excluding tert-OH is 2. The number of carbonyl (C=O) groups excluding carboxylic acids is 3. The molecule has 13 nitrogen and oxygen atoms in total. The number of aromatic nitrogens is 2. The molecule has 4 rings (SSSR count). The van der Waals surface area contributed by atoms with Crippen LogP contribution in [-0.4, -0.2) is 95.7 Å². The third-order valence-corrected chi connectivity index (χ3v) is 10.5. The molecule has 1 fully saturated rings. The molecular formula is C41H61N5O8. The second kappa shape index (κ2) is 21.7. The number of ether oxygens (including phenoxy) is 3. The molecule has 2 aromatic carbocycles. The van der Waals surface area contributed by atoms with Crippen molar-refractivity contribution in [2.24, 2.45) is 23.7 Å². The van der Waals surface area contributed by atoms with Gasteiger partial charge in [0.2, 0.25) is 11.8 Å². The van der Waals surface area contributed by atoms with Crippen molar-refractivity contribution in [3.8, 4) is 5.75 Å². The number of methoxy groups -OCH3 is 1. The van der Waals surface area contributed by atoms with Crippen molar-refractivity contribution in [1.29, 1.82) is 0 Å². The lowest BCUT2D eigenvalue weighted by Crippen LogP contribution is -2.57. The molecule has 1 saturated carbocycles. The second-order valence-corrected chi connectivity index (χ2v) is 14.8. The van der Waals surface area contributed by atoms with Crippen molar-refractivity contribution in [2.75, 3.05) is 33.5 Å². The Morgan fingerprint density at radius 2 is 1.59 bits per heavy atom. The second-order valence-electron chi connectivity index (χ2n) is 14.8. The van der Waals surface area contributed by atoms with E-state index in [1.807, 2.05) is 38.1 Å². The molecule has 6 atom stereocenters. The van der Waals surface area contributed by atoms with Crippen LogP contribution in [0.15, 0.2) is 48.5 Å². The van der Waals surface area contributed by atoms with E-state index in [4.69, 9.17) is 14.2 Å². The molecule has 0 bridgehead atoms. The fourth-order valence-corrected chi connectivity index (χ4v) is 7.17. The van der Waals surface area contributed by atoms with Gasteiger partial charge in [-0.25, -0.2) is 4.98 Å². The number of nitrogens with zero attached hydrogens (tertiary/aromatic N) is 1. The number of hydrogen-bond donors (Lipinski definition) is 6. The summed E-state index contributed by atoms with van der Waals surface area (Å²) in [6, 6.07) is 12.7. The van der Waals surface area contributed by atoms with Crippen molar-refractivity contribution in [3.63, 3.8) is 0 Å². The summed E-state index contributed by atoms with van der Waals surface area (Å²) in [5.41, 5.74) is 1.93. The van der Waals surface area contributed by atoms with Crippen molar-refractivity contribution < 1.29 is 38.8 Å². The maximum absolute atomic E-state index is 14.0. The number of aliphatic hydroxyl groups is 2. The summed E-state index contributed by atoms with van der Waals surface area (Å²) in [6.45, 7) is 8.98. The van der Waals surface area contributed by atoms with Crippen LogP contribution in [0.3, 0.4) is 0 Å². The number of fused-ring (bicyclic) bond motifs is 1. The molecule has 1 aliphatic carbocycles. The number of aromatic amines is 1. The van der Waals surface area contributed by atoms with Crippen LogP contribution < -0.4 is 20.7 Å². The highest BCUT2D eigenvalue weighted by atomic mass is 16.5. The zero-order valence-electron chi connectivity index (χ0n) is 32.5. The fraction of sp³-hybridized carbons (Fsp3) is 0.610. The largest absolute Gasteiger partial charge is 0.490 e. The van der Waals surface area contributed by atoms with Gasteiger partial charge < -0.3 is 45.4 Å². The molecule has 298 valence electrons. The number of para-hydroxylation sites is 3. The van der Waals surface area contributed by atoms with E-state index >= 15 is 0 Å². The minimum absolute atomic E-state index is 0.143. The van der Waals surface area contributed by atoms with Crippen LogP contribution in [0.2, 0.25) is 0 Å². The standard InChI is InChI=1S/C41H61N5O8/c1-6-27(4)36(41(51)42-25-34-43-30-17-11-12-18-31(30)44-34)46-40(50)35(26(2)3)38(48)37(47)32(24-28-14-8-7-9-15-28)45-39(49)29-16-10-13-19-33(29)54-23-22-53-21-20-52-5/h10-13,16-19,26-28,32,35-38,47-48H,6-9,14-15,20-25H2,1-5H3,(H,42,51)(H,43,44)(H,45,49)(H,46,50)/t27?,32-,35+,36-,37+,38+/m0/s1. The Kier molecular flexibility index (Phi) is 17.2. The van der Waals surface area contributed by atoms with E-state index in [9.17, 15) is 24.6 Å². The topological polar surface area (TPSA) is 184 Å². The lowest BCUT2D eigenvalue weighted by Gasteiger charge is -2.36. The number of H-pyrrole nitrogens is 1. The summed E-state index contributed by atoms with van der Waals surface area (Å²) in [7, 11) is 1.60. The quantitative estimate of drug-likeness (QED) is 0.0805. The zero-order chi connectivity index (χ0) is 39.0. The highest BCUT2D eigenvalue weighted by Gasteiger charge is 2.41. The number of carbonyl (C=O) groups is 3. The predicted molar refractivity (Wildman–Crippen MR) is 207 cm³/mol. The maximum Gasteiger partial charge on any atom is 0.255 e. The number of hydrogen-bond acceptors (Lipinski definition) is 9. The molecule has 3 aromatic rings. The van der Waals surface area contributed by atoms with Gasteiger partial charge in [-0.15, -0.1) is 0 Å². The Morgan fingerprint density at radius 1 is 0.889 bits per heavy atom. The van der Waals surface area contributed by atoms with E-state index in [-0.39, 0.29) is 36.5 Å². The molecule has 1 heterocycles. The number of amides is 3. The number of nitrogens with one attached hydrogen (secondary N) is 4. The summed E-state index contributed by atoms with van der Waals surface area (Å²) >= 11 is 0. The first-order valence-electron chi connectivity index (χ1n) is 19.5. The lowest BCUT2D eigenvalue weighted by molar-refractivity contribution is -0.140. The predicted octanol–water partition coefficient (Wildman–Crippen LogP) is 4.51. The van der Waals surface area contributed by atoms with Crippen LogP contribution in [0.4, 0.5) is 0 Å². The fourth-order valence-electron chi connectivity index (χ4n) is 7.17. The minimum atomic E-state index is -1.54. The average Bonchev–Trinajstić information content (AvgIpc) is 3.60. The third kappa shape index (κ3) is 12.2. The first-order valence-corrected chi connectivity index (χ1v) is 19.5. The van der Waals surface area contributed by atoms with Gasteiger partial charge in [-0.1, -0.05) is 90.5 Å². The monoisotopic (exact) mass is 751 g/mol. The van der Waals surface area contributed by atoms with Crippen LogP contribution in [0.1, 0.15) is 88.8 Å². The van der Waals surface area contributed by atoms with Gasteiger partial charge in [0, 0.05) is 7.11 Å². The Labute approximate surface area is 319 Å². The molecular weight excluding hydrogens is 690 g/mol. The van der Waals surface area contributed by atoms with Crippen molar-refractivity contribution in [2.45, 2.75) is 103 Å². The lowest BCUT2D eigenvalue weighted by atomic mass is 9.79. The van der Waals surface area contributed by atoms with E-state index in [1.54, 1.807) is 45.2 Å². The summed E-state index contributed by atoms with van der Waals surface area (Å²) in [5.74, 6) is -1.89. The van der Waals surface area contributed by atoms with Gasteiger partial charge in [0.1, 0.15) is 30.3 Å². The molecule has 3 amide bonds. The Bertz CT molecular complexity index is 1580.